The van der Waals surface area contributed by atoms with Gasteiger partial charge in [0.05, 0.1) is 13.2 Å². The molecule has 1 unspecified atom stereocenters. The van der Waals surface area contributed by atoms with E-state index in [1.165, 1.54) is 5.56 Å². The molecule has 5 heteroatoms. The minimum Gasteiger partial charge on any atom is -0.481 e. The van der Waals surface area contributed by atoms with Gasteiger partial charge in [0.25, 0.3) is 5.91 Å². The first-order valence-electron chi connectivity index (χ1n) is 9.33. The summed E-state index contributed by atoms with van der Waals surface area (Å²) in [6.45, 7) is 8.98. The van der Waals surface area contributed by atoms with Crippen molar-refractivity contribution in [3.05, 3.63) is 29.8 Å². The van der Waals surface area contributed by atoms with Crippen molar-refractivity contribution >= 4 is 5.91 Å². The summed E-state index contributed by atoms with van der Waals surface area (Å²) >= 11 is 0. The zero-order chi connectivity index (χ0) is 17.8. The highest BCUT2D eigenvalue weighted by molar-refractivity contribution is 5.81. The van der Waals surface area contributed by atoms with Crippen LogP contribution in [0.1, 0.15) is 45.1 Å². The van der Waals surface area contributed by atoms with Crippen LogP contribution in [-0.2, 0) is 14.3 Å². The van der Waals surface area contributed by atoms with Crippen molar-refractivity contribution in [2.45, 2.75) is 51.9 Å². The minimum atomic E-state index is -0.474. The average Bonchev–Trinajstić information content (AvgIpc) is 3.16. The molecule has 2 saturated heterocycles. The molecule has 2 aliphatic rings. The smallest absolute Gasteiger partial charge is 0.263 e. The summed E-state index contributed by atoms with van der Waals surface area (Å²) in [4.78, 5) is 14.6. The van der Waals surface area contributed by atoms with Gasteiger partial charge in [-0.25, -0.2) is 0 Å². The Labute approximate surface area is 150 Å². The fourth-order valence-electron chi connectivity index (χ4n) is 3.50. The number of piperidine rings is 1. The molecule has 2 heterocycles. The predicted molar refractivity (Wildman–Crippen MR) is 95.6 cm³/mol. The van der Waals surface area contributed by atoms with E-state index < -0.39 is 6.10 Å². The van der Waals surface area contributed by atoms with Gasteiger partial charge in [0.1, 0.15) is 5.75 Å². The third-order valence-electron chi connectivity index (χ3n) is 5.07. The summed E-state index contributed by atoms with van der Waals surface area (Å²) < 4.78 is 17.1. The summed E-state index contributed by atoms with van der Waals surface area (Å²) in [6, 6.07) is 8.00. The number of rotatable bonds is 5. The number of nitrogens with zero attached hydrogens (tertiary/aromatic N) is 1. The Morgan fingerprint density at radius 2 is 1.84 bits per heavy atom. The van der Waals surface area contributed by atoms with Crippen LogP contribution < -0.4 is 4.74 Å². The monoisotopic (exact) mass is 347 g/mol. The van der Waals surface area contributed by atoms with Crippen molar-refractivity contribution in [2.24, 2.45) is 5.92 Å². The molecule has 1 atom stereocenters. The van der Waals surface area contributed by atoms with Gasteiger partial charge >= 0.3 is 0 Å². The Kier molecular flexibility index (Phi) is 5.97. The minimum absolute atomic E-state index is 0.0571. The number of likely N-dealkylation sites (tertiary alicyclic amines) is 1. The van der Waals surface area contributed by atoms with E-state index in [0.29, 0.717) is 25.0 Å². The first kappa shape index (κ1) is 18.2. The van der Waals surface area contributed by atoms with Gasteiger partial charge in [-0.1, -0.05) is 26.0 Å². The Balaban J connectivity index is 1.51. The van der Waals surface area contributed by atoms with Crippen LogP contribution in [-0.4, -0.2) is 49.5 Å². The number of carbonyl (C=O) groups excluding carboxylic acids is 1. The Bertz CT molecular complexity index is 575. The number of benzene rings is 1. The van der Waals surface area contributed by atoms with E-state index in [2.05, 4.69) is 19.9 Å². The van der Waals surface area contributed by atoms with Crippen molar-refractivity contribution in [3.63, 3.8) is 0 Å². The number of hydrogen-bond donors (Lipinski definition) is 0. The van der Waals surface area contributed by atoms with Gasteiger partial charge in [0.2, 0.25) is 0 Å². The fourth-order valence-corrected chi connectivity index (χ4v) is 3.50. The highest BCUT2D eigenvalue weighted by Gasteiger charge is 2.33. The molecule has 1 amide bonds. The molecule has 0 N–H and O–H groups in total. The van der Waals surface area contributed by atoms with E-state index >= 15 is 0 Å². The summed E-state index contributed by atoms with van der Waals surface area (Å²) in [6.07, 6.45) is 1.29. The molecule has 3 rings (SSSR count). The molecule has 0 saturated carbocycles. The molecule has 0 aromatic heterocycles. The summed E-state index contributed by atoms with van der Waals surface area (Å²) in [5, 5.41) is 0. The first-order valence-corrected chi connectivity index (χ1v) is 9.33. The van der Waals surface area contributed by atoms with Crippen molar-refractivity contribution in [2.75, 3.05) is 26.3 Å². The number of carbonyl (C=O) groups is 1. The Hall–Kier alpha value is -1.59. The zero-order valence-corrected chi connectivity index (χ0v) is 15.4. The van der Waals surface area contributed by atoms with E-state index in [1.54, 1.807) is 0 Å². The van der Waals surface area contributed by atoms with Gasteiger partial charge in [0.15, 0.2) is 12.4 Å². The van der Waals surface area contributed by atoms with E-state index in [-0.39, 0.29) is 12.2 Å². The molecule has 2 aliphatic heterocycles. The van der Waals surface area contributed by atoms with Crippen molar-refractivity contribution in [1.29, 1.82) is 0 Å². The van der Waals surface area contributed by atoms with Crippen molar-refractivity contribution in [1.82, 2.24) is 4.90 Å². The summed E-state index contributed by atoms with van der Waals surface area (Å²) in [5.74, 6) is 1.65. The van der Waals surface area contributed by atoms with E-state index in [4.69, 9.17) is 14.2 Å². The van der Waals surface area contributed by atoms with Crippen molar-refractivity contribution < 1.29 is 19.0 Å². The number of hydrogen-bond acceptors (Lipinski definition) is 4. The lowest BCUT2D eigenvalue weighted by molar-refractivity contribution is -0.143. The van der Waals surface area contributed by atoms with Crippen LogP contribution in [0.5, 0.6) is 5.75 Å². The zero-order valence-electron chi connectivity index (χ0n) is 15.4. The average molecular weight is 347 g/mol. The molecule has 25 heavy (non-hydrogen) atoms. The second kappa shape index (κ2) is 8.19. The molecule has 0 aliphatic carbocycles. The maximum Gasteiger partial charge on any atom is 0.263 e. The highest BCUT2D eigenvalue weighted by Crippen LogP contribution is 2.27. The van der Waals surface area contributed by atoms with Gasteiger partial charge in [0, 0.05) is 19.0 Å². The molecule has 0 radical (unpaired) electrons. The molecule has 1 aromatic rings. The topological polar surface area (TPSA) is 48.0 Å². The van der Waals surface area contributed by atoms with E-state index in [9.17, 15) is 4.79 Å². The lowest BCUT2D eigenvalue weighted by Gasteiger charge is -2.35. The Morgan fingerprint density at radius 1 is 1.16 bits per heavy atom. The van der Waals surface area contributed by atoms with Crippen LogP contribution >= 0.6 is 0 Å². The lowest BCUT2D eigenvalue weighted by atomic mass is 9.96. The molecular formula is C20H29NO4. The quantitative estimate of drug-likeness (QED) is 0.821. The normalized spacial score (nSPS) is 20.9. The van der Waals surface area contributed by atoms with Crippen LogP contribution in [0.3, 0.4) is 0 Å². The molecule has 0 spiro atoms. The van der Waals surface area contributed by atoms with E-state index in [0.717, 1.165) is 31.7 Å². The molecule has 5 nitrogen and oxygen atoms in total. The largest absolute Gasteiger partial charge is 0.481 e. The van der Waals surface area contributed by atoms with Crippen molar-refractivity contribution in [3.8, 4) is 5.75 Å². The van der Waals surface area contributed by atoms with Gasteiger partial charge in [-0.05, 0) is 43.4 Å². The van der Waals surface area contributed by atoms with Gasteiger partial charge in [-0.3, -0.25) is 4.79 Å². The summed E-state index contributed by atoms with van der Waals surface area (Å²) in [5.41, 5.74) is 1.22. The first-order chi connectivity index (χ1) is 12.0. The second-order valence-corrected chi connectivity index (χ2v) is 7.26. The summed E-state index contributed by atoms with van der Waals surface area (Å²) in [7, 11) is 0. The van der Waals surface area contributed by atoms with Crippen LogP contribution in [0, 0.1) is 5.92 Å². The van der Waals surface area contributed by atoms with Gasteiger partial charge < -0.3 is 19.1 Å². The van der Waals surface area contributed by atoms with Crippen LogP contribution in [0.25, 0.3) is 0 Å². The maximum absolute atomic E-state index is 12.7. The predicted octanol–water partition coefficient (Wildman–Crippen LogP) is 3.19. The maximum atomic E-state index is 12.7. The third kappa shape index (κ3) is 4.53. The third-order valence-corrected chi connectivity index (χ3v) is 5.07. The van der Waals surface area contributed by atoms with Gasteiger partial charge in [-0.2, -0.15) is 0 Å². The fraction of sp³-hybridized carbons (Fsp3) is 0.650. The molecule has 0 bridgehead atoms. The van der Waals surface area contributed by atoms with Crippen LogP contribution in [0.2, 0.25) is 0 Å². The molecule has 2 fully saturated rings. The number of amides is 1. The SMILES string of the molecule is CC(Oc1cccc(C(C)C)c1)C(=O)N1CCC(C2OCCO2)CC1. The highest BCUT2D eigenvalue weighted by atomic mass is 16.7. The lowest BCUT2D eigenvalue weighted by Crippen LogP contribution is -2.46. The van der Waals surface area contributed by atoms with E-state index in [1.807, 2.05) is 30.0 Å². The van der Waals surface area contributed by atoms with Gasteiger partial charge in [-0.15, -0.1) is 0 Å². The molecule has 1 aromatic carbocycles. The van der Waals surface area contributed by atoms with Crippen LogP contribution in [0.4, 0.5) is 0 Å². The second-order valence-electron chi connectivity index (χ2n) is 7.26. The molecule has 138 valence electrons. The number of ether oxygens (including phenoxy) is 3. The van der Waals surface area contributed by atoms with Crippen LogP contribution in [0.15, 0.2) is 24.3 Å². The standard InChI is InChI=1S/C20H29NO4/c1-14(2)17-5-4-6-18(13-17)25-15(3)19(22)21-9-7-16(8-10-21)20-23-11-12-24-20/h4-6,13-16,20H,7-12H2,1-3H3. The molecular weight excluding hydrogens is 318 g/mol. The Morgan fingerprint density at radius 3 is 2.48 bits per heavy atom.